The van der Waals surface area contributed by atoms with E-state index in [-0.39, 0.29) is 5.78 Å². The van der Waals surface area contributed by atoms with Crippen LogP contribution in [0.15, 0.2) is 64.8 Å². The van der Waals surface area contributed by atoms with Gasteiger partial charge in [0.2, 0.25) is 0 Å². The highest BCUT2D eigenvalue weighted by molar-refractivity contribution is 6.12. The maximum Gasteiger partial charge on any atom is 0.189 e. The number of ketones is 1. The first kappa shape index (κ1) is 17.9. The molecule has 0 fully saturated rings. The van der Waals surface area contributed by atoms with Crippen molar-refractivity contribution in [3.05, 3.63) is 88.2 Å². The predicted molar refractivity (Wildman–Crippen MR) is 107 cm³/mol. The van der Waals surface area contributed by atoms with Crippen LogP contribution in [0, 0.1) is 20.8 Å². The Morgan fingerprint density at radius 2 is 1.35 bits per heavy atom. The van der Waals surface area contributed by atoms with E-state index in [9.17, 15) is 4.79 Å². The number of hydrogen-bond acceptors (Lipinski definition) is 2. The Bertz CT molecular complexity index is 968. The quantitative estimate of drug-likeness (QED) is 0.397. The number of carbonyl (C=O) groups is 1. The van der Waals surface area contributed by atoms with Crippen molar-refractivity contribution >= 4 is 11.4 Å². The Hall–Kier alpha value is -2.87. The summed E-state index contributed by atoms with van der Waals surface area (Å²) in [4.78, 5) is 12.8. The van der Waals surface area contributed by atoms with E-state index in [4.69, 9.17) is 4.42 Å². The topological polar surface area (TPSA) is 30.2 Å². The van der Waals surface area contributed by atoms with Crippen molar-refractivity contribution in [1.82, 2.24) is 0 Å². The number of benzene rings is 2. The highest BCUT2D eigenvalue weighted by Crippen LogP contribution is 2.33. The van der Waals surface area contributed by atoms with E-state index in [0.29, 0.717) is 5.56 Å². The van der Waals surface area contributed by atoms with Gasteiger partial charge in [-0.3, -0.25) is 4.79 Å². The van der Waals surface area contributed by atoms with Gasteiger partial charge >= 0.3 is 0 Å². The van der Waals surface area contributed by atoms with Crippen LogP contribution in [-0.2, 0) is 0 Å². The summed E-state index contributed by atoms with van der Waals surface area (Å²) in [6.45, 7) is 10.00. The first-order valence-electron chi connectivity index (χ1n) is 8.83. The molecule has 0 unspecified atom stereocenters. The van der Waals surface area contributed by atoms with Gasteiger partial charge in [-0.05, 0) is 40.2 Å². The Labute approximate surface area is 155 Å². The van der Waals surface area contributed by atoms with Crippen LogP contribution in [0.2, 0.25) is 0 Å². The molecule has 0 N–H and O–H groups in total. The normalized spacial score (nSPS) is 12.0. The summed E-state index contributed by atoms with van der Waals surface area (Å²) in [5.74, 6) is 0.912. The number of aryl methyl sites for hydroxylation is 2. The van der Waals surface area contributed by atoms with Gasteiger partial charge in [0.25, 0.3) is 0 Å². The summed E-state index contributed by atoms with van der Waals surface area (Å²) < 4.78 is 5.85. The number of allylic oxidation sites excluding steroid dienone is 2. The third-order valence-corrected chi connectivity index (χ3v) is 4.97. The lowest BCUT2D eigenvalue weighted by Gasteiger charge is -2.08. The van der Waals surface area contributed by atoms with Gasteiger partial charge in [-0.25, -0.2) is 0 Å². The van der Waals surface area contributed by atoms with E-state index in [1.165, 1.54) is 5.56 Å². The molecule has 2 aromatic carbocycles. The van der Waals surface area contributed by atoms with Gasteiger partial charge in [-0.2, -0.15) is 0 Å². The highest BCUT2D eigenvalue weighted by Gasteiger charge is 2.17. The Morgan fingerprint density at radius 3 is 1.92 bits per heavy atom. The first-order valence-corrected chi connectivity index (χ1v) is 8.83. The van der Waals surface area contributed by atoms with Crippen molar-refractivity contribution in [3.8, 4) is 11.3 Å². The number of Topliss-reactive ketones (excluding diaryl/α,β-unsaturated/α-hetero) is 1. The molecule has 0 spiro atoms. The van der Waals surface area contributed by atoms with Gasteiger partial charge < -0.3 is 4.42 Å². The summed E-state index contributed by atoms with van der Waals surface area (Å²) >= 11 is 0. The van der Waals surface area contributed by atoms with E-state index in [0.717, 1.165) is 39.2 Å². The molecule has 0 aliphatic carbocycles. The summed E-state index contributed by atoms with van der Waals surface area (Å²) in [5.41, 5.74) is 7.87. The summed E-state index contributed by atoms with van der Waals surface area (Å²) in [7, 11) is 0. The fraction of sp³-hybridized carbons (Fsp3) is 0.208. The standard InChI is InChI=1S/C24H24O2/c1-15-6-10-20(11-7-15)23(25)18(4)17(3)22-14-26-24(19(22)5)21-12-8-16(2)9-13-21/h6-14H,1-5H3/b18-17+. The average molecular weight is 344 g/mol. The van der Waals surface area contributed by atoms with E-state index in [1.54, 1.807) is 6.26 Å². The molecule has 0 atom stereocenters. The molecule has 0 aliphatic heterocycles. The number of furan rings is 1. The molecule has 2 heteroatoms. The third-order valence-electron chi connectivity index (χ3n) is 4.97. The van der Waals surface area contributed by atoms with Crippen molar-refractivity contribution in [1.29, 1.82) is 0 Å². The van der Waals surface area contributed by atoms with Gasteiger partial charge in [0, 0.05) is 27.8 Å². The maximum absolute atomic E-state index is 12.8. The monoisotopic (exact) mass is 344 g/mol. The molecule has 0 bridgehead atoms. The third kappa shape index (κ3) is 3.41. The molecule has 2 nitrogen and oxygen atoms in total. The van der Waals surface area contributed by atoms with E-state index >= 15 is 0 Å². The van der Waals surface area contributed by atoms with E-state index < -0.39 is 0 Å². The molecule has 0 saturated heterocycles. The Kier molecular flexibility index (Phi) is 4.94. The van der Waals surface area contributed by atoms with Gasteiger partial charge in [-0.15, -0.1) is 0 Å². The van der Waals surface area contributed by atoms with E-state index in [2.05, 4.69) is 31.2 Å². The molecule has 132 valence electrons. The summed E-state index contributed by atoms with van der Waals surface area (Å²) in [5, 5.41) is 0. The second-order valence-electron chi connectivity index (χ2n) is 6.91. The molecule has 1 aromatic heterocycles. The van der Waals surface area contributed by atoms with Gasteiger partial charge in [0.15, 0.2) is 5.78 Å². The second kappa shape index (κ2) is 7.17. The van der Waals surface area contributed by atoms with Crippen LogP contribution in [0.3, 0.4) is 0 Å². The molecule has 0 aliphatic rings. The minimum Gasteiger partial charge on any atom is -0.463 e. The van der Waals surface area contributed by atoms with Crippen molar-refractivity contribution in [2.75, 3.05) is 0 Å². The lowest BCUT2D eigenvalue weighted by atomic mass is 9.94. The minimum atomic E-state index is 0.0555. The first-order chi connectivity index (χ1) is 12.4. The number of carbonyl (C=O) groups excluding carboxylic acids is 1. The molecule has 3 rings (SSSR count). The number of hydrogen-bond donors (Lipinski definition) is 0. The van der Waals surface area contributed by atoms with Gasteiger partial charge in [-0.1, -0.05) is 59.7 Å². The Balaban J connectivity index is 1.97. The molecule has 0 amide bonds. The average Bonchev–Trinajstić information content (AvgIpc) is 3.02. The molecule has 0 radical (unpaired) electrons. The molecule has 3 aromatic rings. The van der Waals surface area contributed by atoms with Crippen LogP contribution in [0.25, 0.3) is 16.9 Å². The lowest BCUT2D eigenvalue weighted by Crippen LogP contribution is -2.03. The molecular formula is C24H24O2. The largest absolute Gasteiger partial charge is 0.463 e. The van der Waals surface area contributed by atoms with Crippen molar-refractivity contribution in [3.63, 3.8) is 0 Å². The minimum absolute atomic E-state index is 0.0555. The zero-order valence-corrected chi connectivity index (χ0v) is 16.0. The van der Waals surface area contributed by atoms with Crippen molar-refractivity contribution < 1.29 is 9.21 Å². The predicted octanol–water partition coefficient (Wildman–Crippen LogP) is 6.55. The zero-order chi connectivity index (χ0) is 18.8. The maximum atomic E-state index is 12.8. The Morgan fingerprint density at radius 1 is 0.808 bits per heavy atom. The van der Waals surface area contributed by atoms with Gasteiger partial charge in [0.1, 0.15) is 5.76 Å². The SMILES string of the molecule is C/C(C(=O)c1ccc(C)cc1)=C(/C)c1coc(-c2ccc(C)cc2)c1C. The van der Waals surface area contributed by atoms with Crippen molar-refractivity contribution in [2.24, 2.45) is 0 Å². The lowest BCUT2D eigenvalue weighted by molar-refractivity contribution is 0.103. The summed E-state index contributed by atoms with van der Waals surface area (Å²) in [6, 6.07) is 16.0. The molecule has 26 heavy (non-hydrogen) atoms. The highest BCUT2D eigenvalue weighted by atomic mass is 16.3. The fourth-order valence-electron chi connectivity index (χ4n) is 3.07. The van der Waals surface area contributed by atoms with Crippen LogP contribution < -0.4 is 0 Å². The van der Waals surface area contributed by atoms with Crippen LogP contribution in [0.1, 0.15) is 46.5 Å². The number of rotatable bonds is 4. The van der Waals surface area contributed by atoms with Gasteiger partial charge in [0.05, 0.1) is 6.26 Å². The van der Waals surface area contributed by atoms with Crippen molar-refractivity contribution in [2.45, 2.75) is 34.6 Å². The van der Waals surface area contributed by atoms with Crippen LogP contribution >= 0.6 is 0 Å². The molecular weight excluding hydrogens is 320 g/mol. The summed E-state index contributed by atoms with van der Waals surface area (Å²) in [6.07, 6.45) is 1.76. The van der Waals surface area contributed by atoms with Crippen LogP contribution in [0.4, 0.5) is 0 Å². The van der Waals surface area contributed by atoms with Crippen LogP contribution in [0.5, 0.6) is 0 Å². The molecule has 0 saturated carbocycles. The molecule has 1 heterocycles. The second-order valence-corrected chi connectivity index (χ2v) is 6.91. The van der Waals surface area contributed by atoms with E-state index in [1.807, 2.05) is 52.0 Å². The zero-order valence-electron chi connectivity index (χ0n) is 16.0. The van der Waals surface area contributed by atoms with Crippen LogP contribution in [-0.4, -0.2) is 5.78 Å². The fourth-order valence-corrected chi connectivity index (χ4v) is 3.07. The smallest absolute Gasteiger partial charge is 0.189 e.